The number of amides is 2. The van der Waals surface area contributed by atoms with Crippen LogP contribution in [0.4, 0.5) is 5.69 Å². The van der Waals surface area contributed by atoms with Crippen LogP contribution in [0.15, 0.2) is 72.8 Å². The van der Waals surface area contributed by atoms with E-state index in [0.29, 0.717) is 22.5 Å². The van der Waals surface area contributed by atoms with Crippen molar-refractivity contribution in [1.29, 1.82) is 0 Å². The molecule has 4 aromatic rings. The van der Waals surface area contributed by atoms with Crippen LogP contribution in [0.3, 0.4) is 0 Å². The van der Waals surface area contributed by atoms with Gasteiger partial charge in [-0.05, 0) is 69.2 Å². The van der Waals surface area contributed by atoms with Crippen LogP contribution in [0.1, 0.15) is 37.9 Å². The van der Waals surface area contributed by atoms with Crippen LogP contribution in [0.2, 0.25) is 0 Å². The molecule has 0 aliphatic carbocycles. The number of nitrogens with one attached hydrogen (secondary N) is 1. The number of carbonyl (C=O) groups is 2. The highest BCUT2D eigenvalue weighted by Gasteiger charge is 2.35. The van der Waals surface area contributed by atoms with E-state index in [2.05, 4.69) is 15.6 Å². The third-order valence-corrected chi connectivity index (χ3v) is 5.76. The van der Waals surface area contributed by atoms with Gasteiger partial charge < -0.3 is 10.1 Å². The molecule has 1 heterocycles. The first-order valence-corrected chi connectivity index (χ1v) is 11.8. The molecule has 1 aromatic heterocycles. The van der Waals surface area contributed by atoms with Gasteiger partial charge in [0.1, 0.15) is 23.9 Å². The van der Waals surface area contributed by atoms with Gasteiger partial charge in [-0.15, -0.1) is 5.10 Å². The molecule has 0 spiro atoms. The Morgan fingerprint density at radius 3 is 2.47 bits per heavy atom. The van der Waals surface area contributed by atoms with E-state index in [9.17, 15) is 9.59 Å². The highest BCUT2D eigenvalue weighted by atomic mass is 16.5. The average Bonchev–Trinajstić information content (AvgIpc) is 3.24. The van der Waals surface area contributed by atoms with Crippen LogP contribution < -0.4 is 15.0 Å². The second-order valence-electron chi connectivity index (χ2n) is 9.70. The molecule has 0 aliphatic rings. The summed E-state index contributed by atoms with van der Waals surface area (Å²) < 4.78 is 6.99. The van der Waals surface area contributed by atoms with Crippen molar-refractivity contribution in [2.24, 2.45) is 0 Å². The number of para-hydroxylation sites is 2. The molecule has 0 fully saturated rings. The second kappa shape index (κ2) is 10.2. The van der Waals surface area contributed by atoms with Crippen molar-refractivity contribution in [1.82, 2.24) is 20.3 Å². The molecule has 1 N–H and O–H groups in total. The lowest BCUT2D eigenvalue weighted by atomic mass is 9.99. The number of ether oxygens (including phenoxy) is 1. The van der Waals surface area contributed by atoms with Crippen LogP contribution in [0.25, 0.3) is 11.0 Å². The SMILES string of the molecule is COc1cccc([C@@H](C(=O)NC(C)(C)C)N(C(=O)Cn2nnc3ccccc32)c2ccccc2C)c1. The molecule has 8 heteroatoms. The van der Waals surface area contributed by atoms with Crippen LogP contribution in [0, 0.1) is 6.92 Å². The Bertz CT molecular complexity index is 1390. The summed E-state index contributed by atoms with van der Waals surface area (Å²) >= 11 is 0. The number of fused-ring (bicyclic) bond motifs is 1. The number of benzene rings is 3. The molecule has 1 atom stereocenters. The van der Waals surface area contributed by atoms with Crippen molar-refractivity contribution in [3.63, 3.8) is 0 Å². The first-order chi connectivity index (χ1) is 17.2. The molecule has 0 bridgehead atoms. The third kappa shape index (κ3) is 5.38. The number of carbonyl (C=O) groups excluding carboxylic acids is 2. The van der Waals surface area contributed by atoms with Crippen molar-refractivity contribution >= 4 is 28.5 Å². The van der Waals surface area contributed by atoms with E-state index in [-0.39, 0.29) is 18.4 Å². The van der Waals surface area contributed by atoms with E-state index in [1.54, 1.807) is 22.8 Å². The minimum absolute atomic E-state index is 0.0852. The predicted octanol–water partition coefficient (Wildman–Crippen LogP) is 4.44. The number of anilines is 1. The molecule has 3 aromatic carbocycles. The molecule has 0 radical (unpaired) electrons. The van der Waals surface area contributed by atoms with E-state index in [4.69, 9.17) is 4.74 Å². The quantitative estimate of drug-likeness (QED) is 0.418. The summed E-state index contributed by atoms with van der Waals surface area (Å²) in [5, 5.41) is 11.4. The molecule has 0 aliphatic heterocycles. The Morgan fingerprint density at radius 1 is 1.03 bits per heavy atom. The van der Waals surface area contributed by atoms with Gasteiger partial charge in [0, 0.05) is 11.2 Å². The van der Waals surface area contributed by atoms with E-state index >= 15 is 0 Å². The molecule has 0 unspecified atom stereocenters. The van der Waals surface area contributed by atoms with Gasteiger partial charge in [0.15, 0.2) is 0 Å². The van der Waals surface area contributed by atoms with Crippen molar-refractivity contribution in [3.05, 3.63) is 83.9 Å². The lowest BCUT2D eigenvalue weighted by molar-refractivity contribution is -0.128. The third-order valence-electron chi connectivity index (χ3n) is 5.76. The summed E-state index contributed by atoms with van der Waals surface area (Å²) in [4.78, 5) is 29.5. The van der Waals surface area contributed by atoms with Gasteiger partial charge in [0.2, 0.25) is 11.8 Å². The Hall–Kier alpha value is -4.20. The maximum absolute atomic E-state index is 14.1. The summed E-state index contributed by atoms with van der Waals surface area (Å²) in [6, 6.07) is 21.3. The average molecular weight is 486 g/mol. The Morgan fingerprint density at radius 2 is 1.75 bits per heavy atom. The van der Waals surface area contributed by atoms with Gasteiger partial charge in [-0.1, -0.05) is 47.7 Å². The van der Waals surface area contributed by atoms with Crippen molar-refractivity contribution < 1.29 is 14.3 Å². The van der Waals surface area contributed by atoms with Gasteiger partial charge in [-0.25, -0.2) is 4.68 Å². The highest BCUT2D eigenvalue weighted by molar-refractivity contribution is 6.02. The van der Waals surface area contributed by atoms with Gasteiger partial charge in [0.05, 0.1) is 12.6 Å². The minimum atomic E-state index is -0.942. The highest BCUT2D eigenvalue weighted by Crippen LogP contribution is 2.33. The number of aromatic nitrogens is 3. The molecule has 0 saturated heterocycles. The van der Waals surface area contributed by atoms with E-state index in [1.807, 2.05) is 94.4 Å². The monoisotopic (exact) mass is 485 g/mol. The predicted molar refractivity (Wildman–Crippen MR) is 140 cm³/mol. The van der Waals surface area contributed by atoms with Crippen LogP contribution >= 0.6 is 0 Å². The first kappa shape index (κ1) is 24.9. The molecule has 0 saturated carbocycles. The molecule has 36 heavy (non-hydrogen) atoms. The Labute approximate surface area is 210 Å². The van der Waals surface area contributed by atoms with Crippen LogP contribution in [-0.4, -0.2) is 39.5 Å². The fourth-order valence-corrected chi connectivity index (χ4v) is 4.16. The zero-order valence-electron chi connectivity index (χ0n) is 21.2. The lowest BCUT2D eigenvalue weighted by Gasteiger charge is -2.34. The number of nitrogens with zero attached hydrogens (tertiary/aromatic N) is 4. The molecular formula is C28H31N5O3. The standard InChI is InChI=1S/C28H31N5O3/c1-19-11-6-8-15-23(19)33(25(34)18-32-24-16-9-7-14-22(24)30-31-32)26(27(35)29-28(2,3)4)20-12-10-13-21(17-20)36-5/h6-17,26H,18H2,1-5H3,(H,29,35)/t26-/m0/s1. The zero-order chi connectivity index (χ0) is 25.9. The largest absolute Gasteiger partial charge is 0.497 e. The Kier molecular flexibility index (Phi) is 7.05. The van der Waals surface area contributed by atoms with Gasteiger partial charge in [-0.3, -0.25) is 14.5 Å². The van der Waals surface area contributed by atoms with Crippen LogP contribution in [-0.2, 0) is 16.1 Å². The summed E-state index contributed by atoms with van der Waals surface area (Å²) in [7, 11) is 1.57. The molecule has 186 valence electrons. The number of hydrogen-bond acceptors (Lipinski definition) is 5. The van der Waals surface area contributed by atoms with Crippen LogP contribution in [0.5, 0.6) is 5.75 Å². The fourth-order valence-electron chi connectivity index (χ4n) is 4.16. The zero-order valence-corrected chi connectivity index (χ0v) is 21.2. The summed E-state index contributed by atoms with van der Waals surface area (Å²) in [6.45, 7) is 7.57. The lowest BCUT2D eigenvalue weighted by Crippen LogP contribution is -2.50. The molecule has 8 nitrogen and oxygen atoms in total. The van der Waals surface area contributed by atoms with Gasteiger partial charge in [-0.2, -0.15) is 0 Å². The number of methoxy groups -OCH3 is 1. The molecular weight excluding hydrogens is 454 g/mol. The fraction of sp³-hybridized carbons (Fsp3) is 0.286. The molecule has 2 amide bonds. The summed E-state index contributed by atoms with van der Waals surface area (Å²) in [5.41, 5.74) is 3.08. The topological polar surface area (TPSA) is 89.4 Å². The second-order valence-corrected chi connectivity index (χ2v) is 9.70. The van der Waals surface area contributed by atoms with Gasteiger partial charge in [0.25, 0.3) is 0 Å². The van der Waals surface area contributed by atoms with Crippen molar-refractivity contribution in [2.45, 2.75) is 45.8 Å². The summed E-state index contributed by atoms with van der Waals surface area (Å²) in [5.74, 6) is 0.00754. The maximum atomic E-state index is 14.1. The maximum Gasteiger partial charge on any atom is 0.249 e. The first-order valence-electron chi connectivity index (χ1n) is 11.8. The minimum Gasteiger partial charge on any atom is -0.497 e. The Balaban J connectivity index is 1.85. The normalized spacial score (nSPS) is 12.2. The molecule has 4 rings (SSSR count). The number of aryl methyl sites for hydroxylation is 1. The van der Waals surface area contributed by atoms with Gasteiger partial charge >= 0.3 is 0 Å². The van der Waals surface area contributed by atoms with E-state index in [0.717, 1.165) is 11.1 Å². The number of hydrogen-bond donors (Lipinski definition) is 1. The number of rotatable bonds is 7. The van der Waals surface area contributed by atoms with Crippen molar-refractivity contribution in [3.8, 4) is 5.75 Å². The van der Waals surface area contributed by atoms with E-state index in [1.165, 1.54) is 0 Å². The van der Waals surface area contributed by atoms with Crippen molar-refractivity contribution in [2.75, 3.05) is 12.0 Å². The van der Waals surface area contributed by atoms with E-state index < -0.39 is 11.6 Å². The summed E-state index contributed by atoms with van der Waals surface area (Å²) in [6.07, 6.45) is 0. The smallest absolute Gasteiger partial charge is 0.249 e.